The number of carbonyl (C=O) groups is 2. The van der Waals surface area contributed by atoms with Crippen LogP contribution in [0, 0.1) is 0 Å². The first-order valence-corrected chi connectivity index (χ1v) is 5.94. The molecule has 96 valence electrons. The van der Waals surface area contributed by atoms with Crippen LogP contribution in [-0.2, 0) is 17.8 Å². The smallest absolute Gasteiger partial charge is 0.335 e. The predicted octanol–water partition coefficient (Wildman–Crippen LogP) is 0.618. The fraction of sp³-hybridized carbons (Fsp3) is 0.385. The van der Waals surface area contributed by atoms with Crippen molar-refractivity contribution in [3.05, 3.63) is 34.9 Å². The molecule has 2 rings (SSSR count). The largest absolute Gasteiger partial charge is 0.478 e. The van der Waals surface area contributed by atoms with E-state index >= 15 is 0 Å². The van der Waals surface area contributed by atoms with E-state index in [0.29, 0.717) is 26.1 Å². The lowest BCUT2D eigenvalue weighted by molar-refractivity contribution is -0.131. The summed E-state index contributed by atoms with van der Waals surface area (Å²) in [7, 11) is 0. The summed E-state index contributed by atoms with van der Waals surface area (Å²) < 4.78 is 0. The predicted molar refractivity (Wildman–Crippen MR) is 66.2 cm³/mol. The summed E-state index contributed by atoms with van der Waals surface area (Å²) in [6, 6.07) is 5.10. The van der Waals surface area contributed by atoms with Gasteiger partial charge < -0.3 is 15.7 Å². The Labute approximate surface area is 105 Å². The van der Waals surface area contributed by atoms with Gasteiger partial charge >= 0.3 is 5.97 Å². The Hall–Kier alpha value is -1.88. The maximum absolute atomic E-state index is 11.8. The normalized spacial score (nSPS) is 14.2. The average molecular weight is 248 g/mol. The third kappa shape index (κ3) is 2.51. The van der Waals surface area contributed by atoms with Gasteiger partial charge in [-0.2, -0.15) is 0 Å². The molecule has 0 bridgehead atoms. The third-order valence-corrected chi connectivity index (χ3v) is 3.18. The molecule has 1 aromatic rings. The number of nitrogens with two attached hydrogens (primary N) is 1. The number of hydrogen-bond donors (Lipinski definition) is 2. The summed E-state index contributed by atoms with van der Waals surface area (Å²) in [5.74, 6) is -0.910. The van der Waals surface area contributed by atoms with Crippen molar-refractivity contribution >= 4 is 11.9 Å². The van der Waals surface area contributed by atoms with E-state index in [0.717, 1.165) is 17.5 Å². The van der Waals surface area contributed by atoms with E-state index in [1.165, 1.54) is 0 Å². The molecule has 0 atom stereocenters. The van der Waals surface area contributed by atoms with Gasteiger partial charge in [0.15, 0.2) is 0 Å². The molecule has 0 radical (unpaired) electrons. The summed E-state index contributed by atoms with van der Waals surface area (Å²) in [4.78, 5) is 24.4. The highest BCUT2D eigenvalue weighted by Crippen LogP contribution is 2.21. The second kappa shape index (κ2) is 5.18. The highest BCUT2D eigenvalue weighted by molar-refractivity contribution is 5.88. The quantitative estimate of drug-likeness (QED) is 0.821. The second-order valence-electron chi connectivity index (χ2n) is 4.39. The van der Waals surface area contributed by atoms with Crippen molar-refractivity contribution in [1.29, 1.82) is 0 Å². The maximum atomic E-state index is 11.8. The summed E-state index contributed by atoms with van der Waals surface area (Å²) >= 11 is 0. The molecule has 1 heterocycles. The summed E-state index contributed by atoms with van der Waals surface area (Å²) in [5, 5.41) is 8.95. The summed E-state index contributed by atoms with van der Waals surface area (Å²) in [5.41, 5.74) is 7.68. The van der Waals surface area contributed by atoms with Gasteiger partial charge in [-0.15, -0.1) is 0 Å². The van der Waals surface area contributed by atoms with Crippen LogP contribution in [0.3, 0.4) is 0 Å². The van der Waals surface area contributed by atoms with Gasteiger partial charge in [0.25, 0.3) is 0 Å². The number of amides is 1. The highest BCUT2D eigenvalue weighted by Gasteiger charge is 2.20. The molecule has 1 aliphatic rings. The van der Waals surface area contributed by atoms with Crippen LogP contribution in [0.15, 0.2) is 18.2 Å². The number of benzene rings is 1. The number of carboxylic acids is 1. The minimum atomic E-state index is -0.941. The molecule has 0 fully saturated rings. The molecule has 1 amide bonds. The number of hydrogen-bond acceptors (Lipinski definition) is 3. The van der Waals surface area contributed by atoms with E-state index in [2.05, 4.69) is 0 Å². The van der Waals surface area contributed by atoms with Gasteiger partial charge in [-0.25, -0.2) is 4.79 Å². The first-order chi connectivity index (χ1) is 8.61. The van der Waals surface area contributed by atoms with Gasteiger partial charge in [-0.05, 0) is 29.7 Å². The Bertz CT molecular complexity index is 485. The van der Waals surface area contributed by atoms with Crippen LogP contribution < -0.4 is 5.73 Å². The fourth-order valence-electron chi connectivity index (χ4n) is 2.18. The molecule has 18 heavy (non-hydrogen) atoms. The Morgan fingerprint density at radius 3 is 2.78 bits per heavy atom. The molecule has 0 saturated heterocycles. The van der Waals surface area contributed by atoms with Crippen LogP contribution in [0.25, 0.3) is 0 Å². The minimum Gasteiger partial charge on any atom is -0.478 e. The lowest BCUT2D eigenvalue weighted by Crippen LogP contribution is -2.36. The van der Waals surface area contributed by atoms with Crippen LogP contribution in [-0.4, -0.2) is 35.0 Å². The van der Waals surface area contributed by atoms with Crippen LogP contribution in [0.5, 0.6) is 0 Å². The molecule has 0 unspecified atom stereocenters. The molecule has 3 N–H and O–H groups in total. The Balaban J connectivity index is 2.19. The van der Waals surface area contributed by atoms with Crippen LogP contribution >= 0.6 is 0 Å². The number of aromatic carboxylic acids is 1. The van der Waals surface area contributed by atoms with E-state index in [4.69, 9.17) is 10.8 Å². The number of fused-ring (bicyclic) bond motifs is 1. The van der Waals surface area contributed by atoms with Gasteiger partial charge in [-0.3, -0.25) is 4.79 Å². The summed E-state index contributed by atoms with van der Waals surface area (Å²) in [6.07, 6.45) is 1.11. The van der Waals surface area contributed by atoms with Crippen molar-refractivity contribution in [3.63, 3.8) is 0 Å². The fourth-order valence-corrected chi connectivity index (χ4v) is 2.18. The molecule has 1 aromatic carbocycles. The van der Waals surface area contributed by atoms with Crippen LogP contribution in [0.1, 0.15) is 27.9 Å². The first-order valence-electron chi connectivity index (χ1n) is 5.94. The van der Waals surface area contributed by atoms with Gasteiger partial charge in [-0.1, -0.05) is 6.07 Å². The molecule has 0 aromatic heterocycles. The molecule has 0 spiro atoms. The zero-order valence-electron chi connectivity index (χ0n) is 10.1. The Morgan fingerprint density at radius 2 is 2.11 bits per heavy atom. The molecule has 5 nitrogen and oxygen atoms in total. The van der Waals surface area contributed by atoms with E-state index < -0.39 is 5.97 Å². The second-order valence-corrected chi connectivity index (χ2v) is 4.39. The van der Waals surface area contributed by atoms with Gasteiger partial charge in [0.05, 0.1) is 5.56 Å². The number of nitrogens with zero attached hydrogens (tertiary/aromatic N) is 1. The van der Waals surface area contributed by atoms with E-state index in [1.54, 1.807) is 17.0 Å². The molecule has 0 saturated carbocycles. The topological polar surface area (TPSA) is 83.6 Å². The van der Waals surface area contributed by atoms with Crippen molar-refractivity contribution in [2.24, 2.45) is 5.73 Å². The van der Waals surface area contributed by atoms with Gasteiger partial charge in [0.1, 0.15) is 0 Å². The monoisotopic (exact) mass is 248 g/mol. The first kappa shape index (κ1) is 12.6. The molecule has 0 aliphatic carbocycles. The Kier molecular flexibility index (Phi) is 3.62. The lowest BCUT2D eigenvalue weighted by Gasteiger charge is -2.29. The van der Waals surface area contributed by atoms with Crippen LogP contribution in [0.4, 0.5) is 0 Å². The number of rotatable bonds is 3. The number of carboxylic acid groups (broad SMARTS) is 1. The maximum Gasteiger partial charge on any atom is 0.335 e. The average Bonchev–Trinajstić information content (AvgIpc) is 2.37. The SMILES string of the molecule is NCCC(=O)N1CCc2ccc(C(=O)O)cc2C1. The highest BCUT2D eigenvalue weighted by atomic mass is 16.4. The minimum absolute atomic E-state index is 0.0314. The molecule has 5 heteroatoms. The zero-order valence-corrected chi connectivity index (χ0v) is 10.1. The molecular formula is C13H16N2O3. The van der Waals surface area contributed by atoms with E-state index in [1.807, 2.05) is 6.07 Å². The van der Waals surface area contributed by atoms with E-state index in [-0.39, 0.29) is 11.5 Å². The molecular weight excluding hydrogens is 232 g/mol. The van der Waals surface area contributed by atoms with Crippen molar-refractivity contribution in [3.8, 4) is 0 Å². The van der Waals surface area contributed by atoms with Crippen molar-refractivity contribution in [2.75, 3.05) is 13.1 Å². The third-order valence-electron chi connectivity index (χ3n) is 3.18. The van der Waals surface area contributed by atoms with Gasteiger partial charge in [0.2, 0.25) is 5.91 Å². The lowest BCUT2D eigenvalue weighted by atomic mass is 9.97. The van der Waals surface area contributed by atoms with Crippen molar-refractivity contribution in [2.45, 2.75) is 19.4 Å². The summed E-state index contributed by atoms with van der Waals surface area (Å²) in [6.45, 7) is 1.50. The van der Waals surface area contributed by atoms with Crippen LogP contribution in [0.2, 0.25) is 0 Å². The van der Waals surface area contributed by atoms with Crippen molar-refractivity contribution < 1.29 is 14.7 Å². The zero-order chi connectivity index (χ0) is 13.1. The van der Waals surface area contributed by atoms with Gasteiger partial charge in [0, 0.05) is 26.1 Å². The Morgan fingerprint density at radius 1 is 1.33 bits per heavy atom. The number of carbonyl (C=O) groups excluding carboxylic acids is 1. The van der Waals surface area contributed by atoms with Crippen molar-refractivity contribution in [1.82, 2.24) is 4.90 Å². The standard InChI is InChI=1S/C13H16N2O3/c14-5-3-12(16)15-6-4-9-1-2-10(13(17)18)7-11(9)8-15/h1-2,7H,3-6,8,14H2,(H,17,18). The van der Waals surface area contributed by atoms with E-state index in [9.17, 15) is 9.59 Å². The molecule has 1 aliphatic heterocycles.